The van der Waals surface area contributed by atoms with Gasteiger partial charge in [-0.05, 0) is 95.7 Å². The molecule has 0 fully saturated rings. The van der Waals surface area contributed by atoms with Crippen molar-refractivity contribution < 1.29 is 0 Å². The Balaban J connectivity index is 0.000000153. The van der Waals surface area contributed by atoms with Crippen molar-refractivity contribution in [3.05, 3.63) is 233 Å². The zero-order chi connectivity index (χ0) is 37.1. The summed E-state index contributed by atoms with van der Waals surface area (Å²) in [6.45, 7) is 2.27. The van der Waals surface area contributed by atoms with E-state index >= 15 is 0 Å². The lowest BCUT2D eigenvalue weighted by Crippen LogP contribution is -2.26. The molecule has 2 aliphatic carbocycles. The van der Waals surface area contributed by atoms with Gasteiger partial charge in [0.15, 0.2) is 0 Å². The Morgan fingerprint density at radius 3 is 1.71 bits per heavy atom. The number of rotatable bonds is 3. The summed E-state index contributed by atoms with van der Waals surface area (Å²) < 4.78 is 0. The average Bonchev–Trinajstić information content (AvgIpc) is 3.72. The zero-order valence-electron chi connectivity index (χ0n) is 30.6. The molecule has 0 saturated carbocycles. The molecular weight excluding hydrogens is 665 g/mol. The summed E-state index contributed by atoms with van der Waals surface area (Å²) in [6, 6.07) is 68.8. The predicted octanol–water partition coefficient (Wildman–Crippen LogP) is 13.0. The maximum atomic E-state index is 8.31. The molecule has 9 aromatic rings. The van der Waals surface area contributed by atoms with Crippen molar-refractivity contribution in [2.45, 2.75) is 12.3 Å². The second-order valence-electron chi connectivity index (χ2n) is 14.6. The molecule has 2 heteroatoms. The van der Waals surface area contributed by atoms with Crippen LogP contribution >= 0.6 is 0 Å². The topological polar surface area (TPSA) is 49.9 Å². The second-order valence-corrected chi connectivity index (χ2v) is 14.6. The minimum absolute atomic E-state index is 0.295. The quantitative estimate of drug-likeness (QED) is 0.140. The molecule has 0 bridgehead atoms. The van der Waals surface area contributed by atoms with Crippen molar-refractivity contribution in [3.8, 4) is 33.4 Å². The number of hydrogen-bond acceptors (Lipinski definition) is 2. The van der Waals surface area contributed by atoms with Crippen molar-refractivity contribution in [3.63, 3.8) is 0 Å². The van der Waals surface area contributed by atoms with E-state index in [-0.39, 0.29) is 5.41 Å². The van der Waals surface area contributed by atoms with Gasteiger partial charge in [-0.1, -0.05) is 188 Å². The van der Waals surface area contributed by atoms with Crippen LogP contribution in [-0.4, -0.2) is 5.71 Å². The minimum atomic E-state index is -0.295. The summed E-state index contributed by atoms with van der Waals surface area (Å²) in [4.78, 5) is 0. The van der Waals surface area contributed by atoms with Crippen LogP contribution in [0.3, 0.4) is 0 Å². The lowest BCUT2D eigenvalue weighted by atomic mass is 9.70. The Morgan fingerprint density at radius 1 is 0.455 bits per heavy atom. The number of aryl methyl sites for hydroxylation is 1. The number of nitrogens with one attached hydrogen (secondary N) is 1. The first-order valence-corrected chi connectivity index (χ1v) is 18.9. The molecule has 55 heavy (non-hydrogen) atoms. The average molecular weight is 703 g/mol. The van der Waals surface area contributed by atoms with E-state index < -0.39 is 0 Å². The first kappa shape index (κ1) is 32.6. The largest absolute Gasteiger partial charge is 0.398 e. The smallest absolute Gasteiger partial charge is 0.0726 e. The monoisotopic (exact) mass is 702 g/mol. The summed E-state index contributed by atoms with van der Waals surface area (Å²) >= 11 is 0. The molecule has 0 amide bonds. The molecule has 11 rings (SSSR count). The van der Waals surface area contributed by atoms with Crippen LogP contribution in [0.5, 0.6) is 0 Å². The van der Waals surface area contributed by atoms with Gasteiger partial charge < -0.3 is 5.73 Å². The number of benzene rings is 9. The van der Waals surface area contributed by atoms with Gasteiger partial charge in [0.05, 0.1) is 11.1 Å². The van der Waals surface area contributed by atoms with Crippen LogP contribution in [0.4, 0.5) is 5.69 Å². The highest BCUT2D eigenvalue weighted by Gasteiger charge is 2.52. The number of fused-ring (bicyclic) bond motifs is 14. The molecule has 0 aliphatic heterocycles. The van der Waals surface area contributed by atoms with Crippen molar-refractivity contribution in [1.82, 2.24) is 0 Å². The van der Waals surface area contributed by atoms with Gasteiger partial charge in [0, 0.05) is 16.8 Å². The predicted molar refractivity (Wildman–Crippen MR) is 231 cm³/mol. The molecule has 260 valence electrons. The fourth-order valence-electron chi connectivity index (χ4n) is 9.28. The Kier molecular flexibility index (Phi) is 7.60. The van der Waals surface area contributed by atoms with Crippen LogP contribution in [0.1, 0.15) is 38.9 Å². The van der Waals surface area contributed by atoms with Crippen LogP contribution in [-0.2, 0) is 5.41 Å². The summed E-state index contributed by atoms with van der Waals surface area (Å²) in [6.07, 6.45) is 0. The third-order valence-corrected chi connectivity index (χ3v) is 11.7. The normalized spacial score (nSPS) is 12.7. The number of nitrogens with two attached hydrogens (primary N) is 1. The van der Waals surface area contributed by atoms with E-state index in [1.165, 1.54) is 77.2 Å². The Bertz CT molecular complexity index is 2910. The summed E-state index contributed by atoms with van der Waals surface area (Å²) in [5.74, 6) is 0. The molecule has 0 radical (unpaired) electrons. The lowest BCUT2D eigenvalue weighted by molar-refractivity contribution is 0.794. The highest BCUT2D eigenvalue weighted by molar-refractivity contribution is 6.15. The molecule has 3 N–H and O–H groups in total. The van der Waals surface area contributed by atoms with Crippen LogP contribution in [0.25, 0.3) is 54.9 Å². The third-order valence-electron chi connectivity index (χ3n) is 11.7. The third kappa shape index (κ3) is 4.92. The van der Waals surface area contributed by atoms with Gasteiger partial charge >= 0.3 is 0 Å². The van der Waals surface area contributed by atoms with E-state index in [2.05, 4.69) is 134 Å². The molecule has 0 atom stereocenters. The van der Waals surface area contributed by atoms with E-state index in [0.29, 0.717) is 11.4 Å². The maximum Gasteiger partial charge on any atom is 0.0726 e. The zero-order valence-corrected chi connectivity index (χ0v) is 30.6. The van der Waals surface area contributed by atoms with Crippen molar-refractivity contribution in [2.75, 3.05) is 5.73 Å². The number of hydrogen-bond donors (Lipinski definition) is 2. The molecule has 0 saturated heterocycles. The number of nitrogen functional groups attached to an aromatic ring is 1. The first-order valence-electron chi connectivity index (χ1n) is 18.9. The molecule has 1 spiro atoms. The van der Waals surface area contributed by atoms with E-state index in [4.69, 9.17) is 11.1 Å². The minimum Gasteiger partial charge on any atom is -0.398 e. The number of anilines is 1. The van der Waals surface area contributed by atoms with Crippen LogP contribution < -0.4 is 5.73 Å². The molecule has 0 heterocycles. The van der Waals surface area contributed by atoms with Crippen molar-refractivity contribution in [2.24, 2.45) is 0 Å². The molecule has 0 aromatic heterocycles. The van der Waals surface area contributed by atoms with Gasteiger partial charge in [0.25, 0.3) is 0 Å². The Labute approximate surface area is 321 Å². The van der Waals surface area contributed by atoms with Gasteiger partial charge in [-0.15, -0.1) is 0 Å². The molecule has 2 aliphatic rings. The number of para-hydroxylation sites is 1. The van der Waals surface area contributed by atoms with Gasteiger partial charge in [-0.3, -0.25) is 5.41 Å². The van der Waals surface area contributed by atoms with Gasteiger partial charge in [-0.25, -0.2) is 0 Å². The summed E-state index contributed by atoms with van der Waals surface area (Å²) in [5.41, 5.74) is 23.2. The van der Waals surface area contributed by atoms with Crippen LogP contribution in [0, 0.1) is 12.3 Å². The van der Waals surface area contributed by atoms with Crippen molar-refractivity contribution in [1.29, 1.82) is 5.41 Å². The molecular formula is C53H38N2. The van der Waals surface area contributed by atoms with Crippen LogP contribution in [0.15, 0.2) is 194 Å². The molecule has 0 unspecified atom stereocenters. The van der Waals surface area contributed by atoms with E-state index in [1.54, 1.807) is 0 Å². The Hall–Kier alpha value is -7.03. The van der Waals surface area contributed by atoms with E-state index in [1.807, 2.05) is 66.7 Å². The fourth-order valence-corrected chi connectivity index (χ4v) is 9.28. The fraction of sp³-hybridized carbons (Fsp3) is 0.0377. The maximum absolute atomic E-state index is 8.31. The van der Waals surface area contributed by atoms with Gasteiger partial charge in [0.1, 0.15) is 0 Å². The molecule has 2 nitrogen and oxygen atoms in total. The van der Waals surface area contributed by atoms with E-state index in [9.17, 15) is 0 Å². The highest BCUT2D eigenvalue weighted by atomic mass is 14.6. The highest BCUT2D eigenvalue weighted by Crippen LogP contribution is 2.64. The summed E-state index contributed by atoms with van der Waals surface area (Å²) in [5, 5.41) is 13.6. The van der Waals surface area contributed by atoms with Crippen LogP contribution in [0.2, 0.25) is 0 Å². The van der Waals surface area contributed by atoms with Gasteiger partial charge in [-0.2, -0.15) is 0 Å². The van der Waals surface area contributed by atoms with Crippen molar-refractivity contribution >= 4 is 32.9 Å². The standard InChI is InChI=1S/C34H22.C19H16N2/c1-21-20-31-33(27-15-5-4-11-23(21)27)32-24-12-3-2-10-22(24)18-19-30(32)34(31)28-16-8-6-13-25(28)26-14-7-9-17-29(26)34;20-18-9-5-4-8-17(18)19(21)16-12-10-15(11-13-16)14-6-2-1-3-7-14/h2-20H,1H3;1-13,21H,20H2. The SMILES string of the molecule is Cc1cc2c(c3ccccc13)-c1c(ccc3ccccc13)C21c2ccccc2-c2ccccc21.N=C(c1ccc(-c2ccccc2)cc1)c1ccccc1N. The van der Waals surface area contributed by atoms with Gasteiger partial charge in [0.2, 0.25) is 0 Å². The summed E-state index contributed by atoms with van der Waals surface area (Å²) in [7, 11) is 0. The van der Waals surface area contributed by atoms with E-state index in [0.717, 1.165) is 16.7 Å². The Morgan fingerprint density at radius 2 is 1.00 bits per heavy atom. The molecule has 9 aromatic carbocycles. The second kappa shape index (κ2) is 12.8. The lowest BCUT2D eigenvalue weighted by Gasteiger charge is -2.31. The first-order chi connectivity index (χ1) is 27.1.